The molecule has 0 bridgehead atoms. The van der Waals surface area contributed by atoms with Gasteiger partial charge in [0.1, 0.15) is 18.1 Å². The van der Waals surface area contributed by atoms with Crippen molar-refractivity contribution < 1.29 is 28.9 Å². The number of carbonyl (C=O) groups excluding carboxylic acids is 2. The van der Waals surface area contributed by atoms with Crippen molar-refractivity contribution in [1.82, 2.24) is 10.2 Å². The number of aryl methyl sites for hydroxylation is 2. The first kappa shape index (κ1) is 36.7. The Balaban J connectivity index is 1.33. The van der Waals surface area contributed by atoms with Crippen molar-refractivity contribution in [2.75, 3.05) is 18.6 Å². The number of nitrogens with zero attached hydrogens (tertiary/aromatic N) is 3. The van der Waals surface area contributed by atoms with Crippen LogP contribution in [0.3, 0.4) is 0 Å². The Labute approximate surface area is 312 Å². The Hall–Kier alpha value is -5.13. The van der Waals surface area contributed by atoms with Crippen LogP contribution in [0, 0.1) is 13.8 Å². The van der Waals surface area contributed by atoms with Crippen molar-refractivity contribution in [1.29, 1.82) is 0 Å². The number of unbranched alkanes of at least 4 members (excludes halogenated alkanes) is 2. The number of aromatic nitrogens is 2. The Bertz CT molecular complexity index is 2060. The molecule has 9 nitrogen and oxygen atoms in total. The van der Waals surface area contributed by atoms with Gasteiger partial charge in [-0.2, -0.15) is 0 Å². The Morgan fingerprint density at radius 3 is 2.38 bits per heavy atom. The molecule has 52 heavy (non-hydrogen) atoms. The van der Waals surface area contributed by atoms with Gasteiger partial charge in [-0.25, -0.2) is 0 Å². The largest absolute Gasteiger partial charge is 0.507 e. The van der Waals surface area contributed by atoms with Crippen LogP contribution < -0.4 is 19.1 Å². The van der Waals surface area contributed by atoms with Gasteiger partial charge in [0.2, 0.25) is 5.13 Å². The van der Waals surface area contributed by atoms with Crippen LogP contribution in [0.4, 0.5) is 5.13 Å². The molecule has 0 spiro atoms. The topological polar surface area (TPSA) is 111 Å². The number of ketones is 1. The molecule has 2 heterocycles. The van der Waals surface area contributed by atoms with E-state index in [4.69, 9.17) is 14.2 Å². The van der Waals surface area contributed by atoms with Crippen molar-refractivity contribution in [3.63, 3.8) is 0 Å². The predicted molar refractivity (Wildman–Crippen MR) is 205 cm³/mol. The lowest BCUT2D eigenvalue weighted by Gasteiger charge is -2.23. The molecule has 1 aliphatic heterocycles. The lowest BCUT2D eigenvalue weighted by Crippen LogP contribution is -2.29. The maximum Gasteiger partial charge on any atom is 0.301 e. The minimum absolute atomic E-state index is 0.0684. The second kappa shape index (κ2) is 16.9. The molecular formula is C41H41N3O6S2. The fourth-order valence-electron chi connectivity index (χ4n) is 5.87. The molecular weight excluding hydrogens is 695 g/mol. The van der Waals surface area contributed by atoms with Gasteiger partial charge in [-0.15, -0.1) is 10.2 Å². The van der Waals surface area contributed by atoms with E-state index < -0.39 is 17.7 Å². The minimum Gasteiger partial charge on any atom is -0.507 e. The molecule has 1 aliphatic rings. The van der Waals surface area contributed by atoms with Gasteiger partial charge < -0.3 is 19.3 Å². The van der Waals surface area contributed by atoms with Gasteiger partial charge in [0, 0.05) is 11.3 Å². The van der Waals surface area contributed by atoms with E-state index in [9.17, 15) is 14.7 Å². The number of aliphatic hydroxyl groups is 1. The molecule has 268 valence electrons. The average Bonchev–Trinajstić information content (AvgIpc) is 3.73. The molecule has 1 amide bonds. The van der Waals surface area contributed by atoms with Crippen molar-refractivity contribution >= 4 is 45.7 Å². The SMILES string of the molecule is CCCCCOc1ccc(C2C(=C(O)c3ccc(OCc4cccc(C)c4)cc3)C(=O)C(=O)N2c2nnc(SCc3ccc(C)cc3)s2)cc1OC. The molecule has 1 fully saturated rings. The number of benzene rings is 4. The number of carbonyl (C=O) groups is 2. The van der Waals surface area contributed by atoms with Crippen LogP contribution in [-0.4, -0.2) is 40.7 Å². The van der Waals surface area contributed by atoms with Crippen LogP contribution in [0.25, 0.3) is 5.76 Å². The zero-order chi connectivity index (χ0) is 36.6. The molecule has 6 rings (SSSR count). The summed E-state index contributed by atoms with van der Waals surface area (Å²) in [6.07, 6.45) is 3.01. The second-order valence-electron chi connectivity index (χ2n) is 12.6. The molecule has 1 atom stereocenters. The summed E-state index contributed by atoms with van der Waals surface area (Å²) in [5, 5.41) is 20.7. The summed E-state index contributed by atoms with van der Waals surface area (Å²) in [7, 11) is 1.54. The number of methoxy groups -OCH3 is 1. The van der Waals surface area contributed by atoms with E-state index in [1.165, 1.54) is 33.6 Å². The number of ether oxygens (including phenoxy) is 3. The predicted octanol–water partition coefficient (Wildman–Crippen LogP) is 9.23. The highest BCUT2D eigenvalue weighted by molar-refractivity contribution is 8.00. The van der Waals surface area contributed by atoms with Crippen molar-refractivity contribution in [3.05, 3.63) is 130 Å². The number of thioether (sulfide) groups is 1. The Kier molecular flexibility index (Phi) is 11.9. The number of rotatable bonds is 15. The van der Waals surface area contributed by atoms with Crippen molar-refractivity contribution in [3.8, 4) is 17.2 Å². The first-order chi connectivity index (χ1) is 25.2. The summed E-state index contributed by atoms with van der Waals surface area (Å²) in [5.74, 6) is 0.304. The average molecular weight is 736 g/mol. The summed E-state index contributed by atoms with van der Waals surface area (Å²) >= 11 is 2.72. The molecule has 5 aromatic rings. The minimum atomic E-state index is -1.01. The van der Waals surface area contributed by atoms with Gasteiger partial charge in [0.15, 0.2) is 15.8 Å². The third-order valence-corrected chi connectivity index (χ3v) is 10.8. The number of Topliss-reactive ketones (excluding diaryl/α,β-unsaturated/α-hetero) is 1. The van der Waals surface area contributed by atoms with Crippen LogP contribution in [-0.2, 0) is 21.9 Å². The third kappa shape index (κ3) is 8.49. The number of amides is 1. The fourth-order valence-corrected chi connectivity index (χ4v) is 7.70. The van der Waals surface area contributed by atoms with Crippen LogP contribution >= 0.6 is 23.1 Å². The number of anilines is 1. The van der Waals surface area contributed by atoms with E-state index >= 15 is 0 Å². The van der Waals surface area contributed by atoms with Crippen molar-refractivity contribution in [2.45, 2.75) is 62.8 Å². The molecule has 1 saturated heterocycles. The zero-order valence-corrected chi connectivity index (χ0v) is 31.3. The van der Waals surface area contributed by atoms with Gasteiger partial charge in [-0.1, -0.05) is 109 Å². The van der Waals surface area contributed by atoms with Crippen molar-refractivity contribution in [2.24, 2.45) is 0 Å². The zero-order valence-electron chi connectivity index (χ0n) is 29.6. The summed E-state index contributed by atoms with van der Waals surface area (Å²) < 4.78 is 18.3. The molecule has 11 heteroatoms. The van der Waals surface area contributed by atoms with Crippen LogP contribution in [0.5, 0.6) is 17.2 Å². The first-order valence-electron chi connectivity index (χ1n) is 17.2. The quantitative estimate of drug-likeness (QED) is 0.0281. The second-order valence-corrected chi connectivity index (χ2v) is 14.7. The molecule has 0 aliphatic carbocycles. The van der Waals surface area contributed by atoms with Crippen LogP contribution in [0.1, 0.15) is 65.6 Å². The highest BCUT2D eigenvalue weighted by Gasteiger charge is 2.48. The Morgan fingerprint density at radius 2 is 1.65 bits per heavy atom. The van der Waals surface area contributed by atoms with E-state index in [2.05, 4.69) is 47.5 Å². The number of hydrogen-bond donors (Lipinski definition) is 1. The van der Waals surface area contributed by atoms with E-state index in [1.807, 2.05) is 32.0 Å². The molecule has 4 aromatic carbocycles. The third-order valence-electron chi connectivity index (χ3n) is 8.65. The molecule has 0 radical (unpaired) electrons. The maximum atomic E-state index is 13.9. The summed E-state index contributed by atoms with van der Waals surface area (Å²) in [5.41, 5.74) is 5.32. The Morgan fingerprint density at radius 1 is 0.865 bits per heavy atom. The highest BCUT2D eigenvalue weighted by atomic mass is 32.2. The van der Waals surface area contributed by atoms with Gasteiger partial charge in [0.05, 0.1) is 25.3 Å². The van der Waals surface area contributed by atoms with E-state index in [0.717, 1.165) is 36.0 Å². The molecule has 1 unspecified atom stereocenters. The first-order valence-corrected chi connectivity index (χ1v) is 19.0. The molecule has 1 N–H and O–H groups in total. The normalized spacial score (nSPS) is 15.2. The van der Waals surface area contributed by atoms with E-state index in [0.29, 0.717) is 51.7 Å². The summed E-state index contributed by atoms with van der Waals surface area (Å²) in [6, 6.07) is 27.4. The monoisotopic (exact) mass is 735 g/mol. The smallest absolute Gasteiger partial charge is 0.301 e. The van der Waals surface area contributed by atoms with Gasteiger partial charge in [-0.05, 0) is 73.4 Å². The summed E-state index contributed by atoms with van der Waals surface area (Å²) in [4.78, 5) is 29.1. The van der Waals surface area contributed by atoms with Gasteiger partial charge in [-0.3, -0.25) is 14.5 Å². The fraction of sp³-hybridized carbons (Fsp3) is 0.268. The number of aliphatic hydroxyl groups excluding tert-OH is 1. The van der Waals surface area contributed by atoms with E-state index in [-0.39, 0.29) is 16.5 Å². The number of hydrogen-bond acceptors (Lipinski definition) is 10. The van der Waals surface area contributed by atoms with Gasteiger partial charge >= 0.3 is 5.91 Å². The van der Waals surface area contributed by atoms with Gasteiger partial charge in [0.25, 0.3) is 5.78 Å². The highest BCUT2D eigenvalue weighted by Crippen LogP contribution is 2.45. The van der Waals surface area contributed by atoms with E-state index in [1.54, 1.807) is 49.6 Å². The van der Waals surface area contributed by atoms with Crippen LogP contribution in [0.15, 0.2) is 101 Å². The van der Waals surface area contributed by atoms with Crippen LogP contribution in [0.2, 0.25) is 0 Å². The maximum absolute atomic E-state index is 13.9. The lowest BCUT2D eigenvalue weighted by molar-refractivity contribution is -0.132. The molecule has 0 saturated carbocycles. The standard InChI is InChI=1S/C41H41N3O6S2/c1-5-6-7-21-49-33-20-17-31(23-34(33)48-4)36-35(37(45)30-15-18-32(19-16-30)50-24-29-10-8-9-27(3)22-29)38(46)39(47)44(36)40-42-43-41(52-40)51-25-28-13-11-26(2)12-14-28/h8-20,22-23,36,45H,5-7,21,24-25H2,1-4H3. The summed E-state index contributed by atoms with van der Waals surface area (Å²) in [6.45, 7) is 7.11. The molecule has 1 aromatic heterocycles. The lowest BCUT2D eigenvalue weighted by atomic mass is 9.95.